The Balaban J connectivity index is 2.18. The monoisotopic (exact) mass is 270 g/mol. The largest absolute Gasteiger partial charge is 0.377 e. The summed E-state index contributed by atoms with van der Waals surface area (Å²) >= 11 is 1.71. The van der Waals surface area contributed by atoms with Crippen LogP contribution < -0.4 is 0 Å². The summed E-state index contributed by atoms with van der Waals surface area (Å²) in [6.07, 6.45) is 3.20. The Hall–Kier alpha value is -0.550. The Morgan fingerprint density at radius 1 is 1.39 bits per heavy atom. The van der Waals surface area contributed by atoms with E-state index in [9.17, 15) is 0 Å². The predicted octanol–water partition coefficient (Wildman–Crippen LogP) is 3.41. The van der Waals surface area contributed by atoms with Crippen molar-refractivity contribution in [1.82, 2.24) is 10.1 Å². The van der Waals surface area contributed by atoms with E-state index in [1.165, 1.54) is 0 Å². The maximum Gasteiger partial charge on any atom is 0.239 e. The van der Waals surface area contributed by atoms with E-state index in [1.807, 2.05) is 6.26 Å². The molecule has 1 fully saturated rings. The van der Waals surface area contributed by atoms with Crippen molar-refractivity contribution in [3.05, 3.63) is 11.7 Å². The van der Waals surface area contributed by atoms with Crippen LogP contribution in [0.25, 0.3) is 0 Å². The van der Waals surface area contributed by atoms with Gasteiger partial charge in [-0.15, -0.1) is 0 Å². The van der Waals surface area contributed by atoms with Crippen molar-refractivity contribution in [2.45, 2.75) is 51.4 Å². The standard InChI is InChI=1S/C13H22N2O2S/c1-8(18-5)12-14-11(15-17-12)9-6-7-16-10(9)13(2,3)4/h8-10H,6-7H2,1-5H3/t8-,9+,10+/m1/s1. The zero-order valence-corrected chi connectivity index (χ0v) is 12.6. The zero-order valence-electron chi connectivity index (χ0n) is 11.8. The molecule has 3 atom stereocenters. The molecule has 5 heteroatoms. The molecule has 1 aromatic rings. The van der Waals surface area contributed by atoms with Gasteiger partial charge in [-0.3, -0.25) is 0 Å². The van der Waals surface area contributed by atoms with Gasteiger partial charge < -0.3 is 9.26 Å². The van der Waals surface area contributed by atoms with Crippen LogP contribution in [0.15, 0.2) is 4.52 Å². The summed E-state index contributed by atoms with van der Waals surface area (Å²) in [4.78, 5) is 4.55. The van der Waals surface area contributed by atoms with E-state index in [1.54, 1.807) is 11.8 Å². The van der Waals surface area contributed by atoms with Crippen molar-refractivity contribution in [2.24, 2.45) is 5.41 Å². The lowest BCUT2D eigenvalue weighted by atomic mass is 9.81. The lowest BCUT2D eigenvalue weighted by Gasteiger charge is -2.29. The fourth-order valence-electron chi connectivity index (χ4n) is 2.37. The van der Waals surface area contributed by atoms with Crippen molar-refractivity contribution in [2.75, 3.05) is 12.9 Å². The second-order valence-electron chi connectivity index (χ2n) is 5.92. The van der Waals surface area contributed by atoms with E-state index >= 15 is 0 Å². The van der Waals surface area contributed by atoms with Crippen LogP contribution in [0, 0.1) is 5.41 Å². The topological polar surface area (TPSA) is 48.2 Å². The van der Waals surface area contributed by atoms with Gasteiger partial charge in [0.15, 0.2) is 5.82 Å². The Morgan fingerprint density at radius 2 is 2.11 bits per heavy atom. The number of aromatic nitrogens is 2. The first-order valence-corrected chi connectivity index (χ1v) is 7.70. The molecule has 0 spiro atoms. The summed E-state index contributed by atoms with van der Waals surface area (Å²) in [7, 11) is 0. The van der Waals surface area contributed by atoms with Crippen molar-refractivity contribution in [3.8, 4) is 0 Å². The highest BCUT2D eigenvalue weighted by Crippen LogP contribution is 2.40. The van der Waals surface area contributed by atoms with Gasteiger partial charge in [0, 0.05) is 6.61 Å². The molecule has 1 aliphatic rings. The third kappa shape index (κ3) is 2.72. The van der Waals surface area contributed by atoms with Gasteiger partial charge in [-0.05, 0) is 25.0 Å². The molecule has 0 bridgehead atoms. The molecule has 0 unspecified atom stereocenters. The van der Waals surface area contributed by atoms with Gasteiger partial charge in [-0.2, -0.15) is 16.7 Å². The van der Waals surface area contributed by atoms with Gasteiger partial charge >= 0.3 is 0 Å². The molecule has 0 aromatic carbocycles. The molecule has 1 aromatic heterocycles. The molecule has 0 radical (unpaired) electrons. The Labute approximate surface area is 113 Å². The van der Waals surface area contributed by atoms with Gasteiger partial charge in [0.2, 0.25) is 5.89 Å². The summed E-state index contributed by atoms with van der Waals surface area (Å²) in [6.45, 7) is 9.45. The first-order valence-electron chi connectivity index (χ1n) is 6.41. The number of nitrogens with zero attached hydrogens (tertiary/aromatic N) is 2. The first kappa shape index (κ1) is 13.9. The number of hydrogen-bond acceptors (Lipinski definition) is 5. The molecule has 0 amide bonds. The normalized spacial score (nSPS) is 26.5. The van der Waals surface area contributed by atoms with Crippen molar-refractivity contribution in [1.29, 1.82) is 0 Å². The van der Waals surface area contributed by atoms with Crippen molar-refractivity contribution < 1.29 is 9.26 Å². The van der Waals surface area contributed by atoms with Gasteiger partial charge in [0.05, 0.1) is 17.3 Å². The third-order valence-electron chi connectivity index (χ3n) is 3.44. The molecule has 2 heterocycles. The zero-order chi connectivity index (χ0) is 13.3. The average Bonchev–Trinajstić information content (AvgIpc) is 2.94. The van der Waals surface area contributed by atoms with Crippen LogP contribution in [0.4, 0.5) is 0 Å². The van der Waals surface area contributed by atoms with Crippen LogP contribution in [-0.4, -0.2) is 29.1 Å². The van der Waals surface area contributed by atoms with E-state index in [0.29, 0.717) is 0 Å². The Bertz CT molecular complexity index is 400. The number of hydrogen-bond donors (Lipinski definition) is 0. The fourth-order valence-corrected chi connectivity index (χ4v) is 2.67. The summed E-state index contributed by atoms with van der Waals surface area (Å²) in [6, 6.07) is 0. The maximum absolute atomic E-state index is 5.85. The fraction of sp³-hybridized carbons (Fsp3) is 0.846. The SMILES string of the molecule is CS[C@H](C)c1nc([C@H]2CCO[C@@H]2C(C)(C)C)no1. The van der Waals surface area contributed by atoms with Crippen LogP contribution in [0.1, 0.15) is 57.0 Å². The highest BCUT2D eigenvalue weighted by Gasteiger charge is 2.40. The van der Waals surface area contributed by atoms with Gasteiger partial charge in [-0.25, -0.2) is 0 Å². The van der Waals surface area contributed by atoms with Crippen LogP contribution >= 0.6 is 11.8 Å². The Kier molecular flexibility index (Phi) is 4.02. The number of ether oxygens (including phenoxy) is 1. The van der Waals surface area contributed by atoms with Crippen molar-refractivity contribution in [3.63, 3.8) is 0 Å². The van der Waals surface area contributed by atoms with Crippen LogP contribution in [-0.2, 0) is 4.74 Å². The van der Waals surface area contributed by atoms with E-state index < -0.39 is 0 Å². The molecule has 18 heavy (non-hydrogen) atoms. The minimum Gasteiger partial charge on any atom is -0.377 e. The van der Waals surface area contributed by atoms with Gasteiger partial charge in [-0.1, -0.05) is 25.9 Å². The molecule has 1 aliphatic heterocycles. The summed E-state index contributed by atoms with van der Waals surface area (Å²) in [5.74, 6) is 1.79. The van der Waals surface area contributed by atoms with E-state index in [4.69, 9.17) is 9.26 Å². The highest BCUT2D eigenvalue weighted by atomic mass is 32.2. The van der Waals surface area contributed by atoms with E-state index in [-0.39, 0.29) is 22.7 Å². The van der Waals surface area contributed by atoms with Gasteiger partial charge in [0.25, 0.3) is 0 Å². The number of rotatable bonds is 3. The number of thioether (sulfide) groups is 1. The molecular weight excluding hydrogens is 248 g/mol. The second-order valence-corrected chi connectivity index (χ2v) is 7.10. The molecular formula is C13H22N2O2S. The molecule has 0 aliphatic carbocycles. The quantitative estimate of drug-likeness (QED) is 0.842. The van der Waals surface area contributed by atoms with Crippen LogP contribution in [0.2, 0.25) is 0 Å². The lowest BCUT2D eigenvalue weighted by Crippen LogP contribution is -2.30. The average molecular weight is 270 g/mol. The molecule has 0 saturated carbocycles. The second kappa shape index (κ2) is 5.21. The summed E-state index contributed by atoms with van der Waals surface area (Å²) in [5, 5.41) is 4.40. The lowest BCUT2D eigenvalue weighted by molar-refractivity contribution is 0.0193. The molecule has 4 nitrogen and oxygen atoms in total. The Morgan fingerprint density at radius 3 is 2.72 bits per heavy atom. The minimum absolute atomic E-state index is 0.104. The molecule has 0 N–H and O–H groups in total. The summed E-state index contributed by atoms with van der Waals surface area (Å²) in [5.41, 5.74) is 0.104. The van der Waals surface area contributed by atoms with Gasteiger partial charge in [0.1, 0.15) is 0 Å². The first-order chi connectivity index (χ1) is 8.43. The molecule has 2 rings (SSSR count). The van der Waals surface area contributed by atoms with Crippen LogP contribution in [0.3, 0.4) is 0 Å². The van der Waals surface area contributed by atoms with Crippen LogP contribution in [0.5, 0.6) is 0 Å². The van der Waals surface area contributed by atoms with E-state index in [0.717, 1.165) is 24.7 Å². The minimum atomic E-state index is 0.104. The summed E-state index contributed by atoms with van der Waals surface area (Å²) < 4.78 is 11.2. The molecule has 1 saturated heterocycles. The third-order valence-corrected chi connectivity index (χ3v) is 4.34. The smallest absolute Gasteiger partial charge is 0.239 e. The maximum atomic E-state index is 5.85. The highest BCUT2D eigenvalue weighted by molar-refractivity contribution is 7.98. The molecule has 102 valence electrons. The van der Waals surface area contributed by atoms with E-state index in [2.05, 4.69) is 37.8 Å². The predicted molar refractivity (Wildman–Crippen MR) is 72.8 cm³/mol. The van der Waals surface area contributed by atoms with Crippen molar-refractivity contribution >= 4 is 11.8 Å².